The SMILES string of the molecule is CC([NH-])Cc1ccccc1.[Na+]. The molecule has 0 saturated heterocycles. The molecule has 1 rings (SSSR count). The maximum absolute atomic E-state index is 7.32. The molecule has 1 atom stereocenters. The predicted octanol–water partition coefficient (Wildman–Crippen LogP) is -0.326. The van der Waals surface area contributed by atoms with Crippen molar-refractivity contribution in [1.82, 2.24) is 0 Å². The van der Waals surface area contributed by atoms with Crippen LogP contribution in [0.3, 0.4) is 0 Å². The van der Waals surface area contributed by atoms with Crippen LogP contribution in [0.25, 0.3) is 5.73 Å². The standard InChI is InChI=1S/C9H12N.Na/c1-8(10)7-9-5-3-2-4-6-9;/h2-6,8,10H,7H2,1H3;/q-1;+1. The molecule has 2 heteroatoms. The second-order valence-corrected chi connectivity index (χ2v) is 2.59. The quantitative estimate of drug-likeness (QED) is 0.525. The van der Waals surface area contributed by atoms with Crippen LogP contribution < -0.4 is 29.6 Å². The zero-order valence-electron chi connectivity index (χ0n) is 7.17. The van der Waals surface area contributed by atoms with Gasteiger partial charge in [-0.05, 0) is 12.0 Å². The minimum Gasteiger partial charge on any atom is -0.675 e. The molecule has 0 amide bonds. The number of hydrogen-bond donors (Lipinski definition) is 0. The summed E-state index contributed by atoms with van der Waals surface area (Å²) in [6.07, 6.45) is 0.862. The van der Waals surface area contributed by atoms with Crippen LogP contribution >= 0.6 is 0 Å². The maximum Gasteiger partial charge on any atom is 1.00 e. The fourth-order valence-corrected chi connectivity index (χ4v) is 0.968. The van der Waals surface area contributed by atoms with E-state index in [1.807, 2.05) is 25.1 Å². The topological polar surface area (TPSA) is 23.8 Å². The molecule has 11 heavy (non-hydrogen) atoms. The summed E-state index contributed by atoms with van der Waals surface area (Å²) in [6, 6.07) is 10.2. The number of nitrogens with one attached hydrogen (secondary N) is 1. The summed E-state index contributed by atoms with van der Waals surface area (Å²) in [4.78, 5) is 0. The Labute approximate surface area is 90.3 Å². The Bertz CT molecular complexity index is 184. The van der Waals surface area contributed by atoms with Gasteiger partial charge in [0.1, 0.15) is 0 Å². The van der Waals surface area contributed by atoms with Gasteiger partial charge in [-0.15, -0.1) is 6.04 Å². The minimum absolute atomic E-state index is 0. The molecule has 0 aliphatic heterocycles. The second kappa shape index (κ2) is 5.78. The van der Waals surface area contributed by atoms with Crippen LogP contribution in [0.15, 0.2) is 30.3 Å². The maximum atomic E-state index is 7.32. The number of rotatable bonds is 2. The molecule has 0 heterocycles. The Balaban J connectivity index is 0.000001000. The molecule has 54 valence electrons. The van der Waals surface area contributed by atoms with E-state index in [1.165, 1.54) is 5.56 Å². The average Bonchev–Trinajstić information content (AvgIpc) is 1.88. The summed E-state index contributed by atoms with van der Waals surface area (Å²) in [6.45, 7) is 1.91. The Morgan fingerprint density at radius 2 is 1.82 bits per heavy atom. The smallest absolute Gasteiger partial charge is 0.675 e. The summed E-state index contributed by atoms with van der Waals surface area (Å²) in [5.41, 5.74) is 8.57. The molecular weight excluding hydrogens is 145 g/mol. The predicted molar refractivity (Wildman–Crippen MR) is 43.9 cm³/mol. The molecule has 0 spiro atoms. The zero-order chi connectivity index (χ0) is 7.40. The third-order valence-electron chi connectivity index (χ3n) is 1.38. The Hall–Kier alpha value is 0.180. The Kier molecular flexibility index (Phi) is 5.88. The van der Waals surface area contributed by atoms with Gasteiger partial charge in [0.25, 0.3) is 0 Å². The van der Waals surface area contributed by atoms with Gasteiger partial charge in [0.2, 0.25) is 0 Å². The van der Waals surface area contributed by atoms with E-state index in [0.717, 1.165) is 6.42 Å². The Morgan fingerprint density at radius 1 is 1.27 bits per heavy atom. The van der Waals surface area contributed by atoms with Crippen LogP contribution in [-0.4, -0.2) is 6.04 Å². The van der Waals surface area contributed by atoms with Crippen molar-refractivity contribution in [2.24, 2.45) is 0 Å². The van der Waals surface area contributed by atoms with Crippen LogP contribution in [0.2, 0.25) is 0 Å². The third-order valence-corrected chi connectivity index (χ3v) is 1.38. The van der Waals surface area contributed by atoms with E-state index in [4.69, 9.17) is 5.73 Å². The summed E-state index contributed by atoms with van der Waals surface area (Å²) in [7, 11) is 0. The first-order chi connectivity index (χ1) is 4.79. The van der Waals surface area contributed by atoms with Crippen molar-refractivity contribution < 1.29 is 29.6 Å². The largest absolute Gasteiger partial charge is 1.00 e. The molecule has 1 aromatic carbocycles. The van der Waals surface area contributed by atoms with Gasteiger partial charge in [0.05, 0.1) is 0 Å². The molecule has 0 aliphatic rings. The van der Waals surface area contributed by atoms with Crippen LogP contribution in [0.1, 0.15) is 12.5 Å². The van der Waals surface area contributed by atoms with Gasteiger partial charge in [-0.3, -0.25) is 0 Å². The average molecular weight is 157 g/mol. The first kappa shape index (κ1) is 11.2. The van der Waals surface area contributed by atoms with Crippen molar-refractivity contribution >= 4 is 0 Å². The van der Waals surface area contributed by atoms with E-state index >= 15 is 0 Å². The zero-order valence-corrected chi connectivity index (χ0v) is 9.17. The summed E-state index contributed by atoms with van der Waals surface area (Å²) >= 11 is 0. The molecule has 0 aromatic heterocycles. The molecular formula is C9H12NNa. The molecule has 1 N–H and O–H groups in total. The fraction of sp³-hybridized carbons (Fsp3) is 0.333. The van der Waals surface area contributed by atoms with E-state index in [2.05, 4.69) is 12.1 Å². The molecule has 0 fully saturated rings. The number of benzene rings is 1. The molecule has 1 aromatic rings. The van der Waals surface area contributed by atoms with E-state index in [-0.39, 0.29) is 35.6 Å². The van der Waals surface area contributed by atoms with Crippen LogP contribution in [0, 0.1) is 0 Å². The number of hydrogen-bond acceptors (Lipinski definition) is 0. The van der Waals surface area contributed by atoms with Gasteiger partial charge in [-0.2, -0.15) is 0 Å². The van der Waals surface area contributed by atoms with Crippen molar-refractivity contribution in [3.63, 3.8) is 0 Å². The normalized spacial score (nSPS) is 11.8. The van der Waals surface area contributed by atoms with Crippen LogP contribution in [0.5, 0.6) is 0 Å². The van der Waals surface area contributed by atoms with Crippen molar-refractivity contribution in [3.8, 4) is 0 Å². The minimum atomic E-state index is 0. The van der Waals surface area contributed by atoms with Crippen LogP contribution in [0.4, 0.5) is 0 Å². The van der Waals surface area contributed by atoms with E-state index in [1.54, 1.807) is 0 Å². The van der Waals surface area contributed by atoms with Gasteiger partial charge in [-0.1, -0.05) is 37.3 Å². The monoisotopic (exact) mass is 157 g/mol. The Morgan fingerprint density at radius 3 is 2.27 bits per heavy atom. The molecule has 1 nitrogen and oxygen atoms in total. The first-order valence-corrected chi connectivity index (χ1v) is 3.54. The molecule has 1 unspecified atom stereocenters. The van der Waals surface area contributed by atoms with Crippen molar-refractivity contribution in [1.29, 1.82) is 0 Å². The van der Waals surface area contributed by atoms with E-state index in [9.17, 15) is 0 Å². The van der Waals surface area contributed by atoms with Crippen molar-refractivity contribution in [2.75, 3.05) is 0 Å². The van der Waals surface area contributed by atoms with Crippen molar-refractivity contribution in [3.05, 3.63) is 41.6 Å². The molecule has 0 saturated carbocycles. The van der Waals surface area contributed by atoms with Crippen LogP contribution in [-0.2, 0) is 6.42 Å². The molecule has 0 aliphatic carbocycles. The van der Waals surface area contributed by atoms with E-state index < -0.39 is 0 Å². The van der Waals surface area contributed by atoms with Gasteiger partial charge in [0, 0.05) is 0 Å². The van der Waals surface area contributed by atoms with Crippen molar-refractivity contribution in [2.45, 2.75) is 19.4 Å². The third kappa shape index (κ3) is 4.59. The summed E-state index contributed by atoms with van der Waals surface area (Å²) < 4.78 is 0. The first-order valence-electron chi connectivity index (χ1n) is 3.54. The van der Waals surface area contributed by atoms with Gasteiger partial charge >= 0.3 is 29.6 Å². The molecule has 0 radical (unpaired) electrons. The van der Waals surface area contributed by atoms with Gasteiger partial charge in [0.15, 0.2) is 0 Å². The van der Waals surface area contributed by atoms with Gasteiger partial charge < -0.3 is 5.73 Å². The second-order valence-electron chi connectivity index (χ2n) is 2.59. The summed E-state index contributed by atoms with van der Waals surface area (Å²) in [5.74, 6) is 0. The fourth-order valence-electron chi connectivity index (χ4n) is 0.968. The van der Waals surface area contributed by atoms with Gasteiger partial charge in [-0.25, -0.2) is 0 Å². The van der Waals surface area contributed by atoms with E-state index in [0.29, 0.717) is 0 Å². The summed E-state index contributed by atoms with van der Waals surface area (Å²) in [5, 5.41) is 0. The molecule has 0 bridgehead atoms.